The molecular weight excluding hydrogens is 3060 g/mol. The van der Waals surface area contributed by atoms with Crippen LogP contribution in [0.3, 0.4) is 0 Å². The molecule has 20 nitrogen and oxygen atoms in total. The van der Waals surface area contributed by atoms with Crippen molar-refractivity contribution in [1.82, 2.24) is 0 Å². The van der Waals surface area contributed by atoms with Gasteiger partial charge in [0.1, 0.15) is 22.8 Å². The van der Waals surface area contributed by atoms with Crippen LogP contribution in [0.4, 0.5) is 26.3 Å². The molecule has 0 aliphatic rings. The molecule has 0 spiro atoms. The van der Waals surface area contributed by atoms with E-state index < -0.39 is 138 Å². The summed E-state index contributed by atoms with van der Waals surface area (Å²) in [5.41, 5.74) is -1.52. The Balaban J connectivity index is 0.000000319. The molecule has 7 aromatic rings. The minimum atomic E-state index is -5.63. The SMILES string of the molecule is O=C(OC(CS(=O)(=O)[O-])C(F)(F)F)c1cc(OC(=O)c2cc(I)cc(I)c2I)cc(OC(=O)c2cc(I)cc(I)c2I)c1.O=C(Oc1cc(OC(=O)c2cc(I)cc(I)c2I)c(C(=O)OC(CS(=O)(=O)[O-])C(F)(F)F)c(OC(=O)c2cc(I)cc(I)c2I)c1)c1cc(I)cc(I)c1I. The van der Waals surface area contributed by atoms with Crippen molar-refractivity contribution in [1.29, 1.82) is 0 Å². The first kappa shape index (κ1) is 88.1. The van der Waals surface area contributed by atoms with Crippen molar-refractivity contribution in [3.63, 3.8) is 0 Å². The Kier molecular flexibility index (Phi) is 33.7. The summed E-state index contributed by atoms with van der Waals surface area (Å²) in [5.74, 6) is -16.1. The van der Waals surface area contributed by atoms with Gasteiger partial charge < -0.3 is 42.3 Å². The van der Waals surface area contributed by atoms with Crippen LogP contribution in [0.25, 0.3) is 0 Å². The lowest BCUT2D eigenvalue weighted by Crippen LogP contribution is -2.39. The van der Waals surface area contributed by atoms with Crippen molar-refractivity contribution < 1.29 is 119 Å². The Morgan fingerprint density at radius 1 is 0.337 bits per heavy atom. The van der Waals surface area contributed by atoms with Crippen LogP contribution in [0.15, 0.2) is 91.0 Å². The van der Waals surface area contributed by atoms with Crippen LogP contribution in [0.5, 0.6) is 28.7 Å². The van der Waals surface area contributed by atoms with E-state index in [1.165, 1.54) is 30.3 Å². The Hall–Kier alpha value is 1.18. The first-order valence-corrected chi connectivity index (χ1v) is 44.0. The standard InChI is InChI=1S/C31H12F3I9O11S.C24H11F3I6O9S/c32-31(33,34)22(9-55(48,49)50)54-30(47)23-20(52-28(45)15-2-11(36)5-18(39)25(15)42)7-13(51-27(44)14-1-10(35)4-17(38)24(14)41)8-21(23)53-29(46)16-3-12(37)6-19(40)26(16)43;25-24(26,27)18(8-43(37,38)39)42-21(34)9-1-12(40-22(35)14-3-10(28)5-16(30)19(14)32)7-13(2-9)41-23(36)15-4-11(29)6-17(31)20(15)33/h1-8,22H,9H2,(H,48,49,50);1-7,18H,8H2,(H,37,38,39)/p-2. The van der Waals surface area contributed by atoms with E-state index in [2.05, 4.69) is 9.47 Å². The van der Waals surface area contributed by atoms with Gasteiger partial charge in [0.2, 0.25) is 12.2 Å². The number of carbonyl (C=O) groups is 7. The van der Waals surface area contributed by atoms with Gasteiger partial charge in [-0.2, -0.15) is 26.3 Å². The van der Waals surface area contributed by atoms with E-state index in [0.717, 1.165) is 37.5 Å². The monoisotopic (exact) mass is 3080 g/mol. The molecule has 0 fully saturated rings. The molecule has 98 heavy (non-hydrogen) atoms. The summed E-state index contributed by atoms with van der Waals surface area (Å²) in [6, 6.07) is 20.7. The second-order valence-electron chi connectivity index (χ2n) is 18.5. The van der Waals surface area contributed by atoms with Crippen LogP contribution in [0, 0.1) is 53.6 Å². The predicted molar refractivity (Wildman–Crippen MR) is 460 cm³/mol. The van der Waals surface area contributed by atoms with Gasteiger partial charge in [0.15, 0.2) is 11.5 Å². The molecule has 2 atom stereocenters. The molecular formula is C55H21F6I15O20S2-2. The van der Waals surface area contributed by atoms with E-state index in [1.54, 1.807) is 30.3 Å². The Morgan fingerprint density at radius 3 is 0.816 bits per heavy atom. The molecule has 0 aliphatic heterocycles. The molecule has 0 bridgehead atoms. The average molecular weight is 3080 g/mol. The van der Waals surface area contributed by atoms with Gasteiger partial charge in [0.25, 0.3) is 0 Å². The predicted octanol–water partition coefficient (Wildman–Crippen LogP) is 17.8. The van der Waals surface area contributed by atoms with E-state index in [1.807, 2.05) is 339 Å². The van der Waals surface area contributed by atoms with Gasteiger partial charge in [-0.3, -0.25) is 0 Å². The first-order chi connectivity index (χ1) is 45.1. The second kappa shape index (κ2) is 37.5. The maximum atomic E-state index is 14.0. The average Bonchev–Trinajstić information content (AvgIpc) is 0.784. The maximum absolute atomic E-state index is 14.0. The first-order valence-electron chi connectivity index (χ1n) is 24.7. The highest BCUT2D eigenvalue weighted by Crippen LogP contribution is 2.40. The van der Waals surface area contributed by atoms with Crippen molar-refractivity contribution in [2.24, 2.45) is 0 Å². The lowest BCUT2D eigenvalue weighted by molar-refractivity contribution is -0.197. The number of hydrogen-bond acceptors (Lipinski definition) is 20. The Morgan fingerprint density at radius 2 is 0.571 bits per heavy atom. The lowest BCUT2D eigenvalue weighted by atomic mass is 10.1. The van der Waals surface area contributed by atoms with E-state index in [4.69, 9.17) is 23.7 Å². The number of esters is 7. The van der Waals surface area contributed by atoms with Gasteiger partial charge in [0.05, 0.1) is 65.1 Å². The molecule has 0 saturated carbocycles. The van der Waals surface area contributed by atoms with Crippen LogP contribution in [-0.4, -0.2) is 104 Å². The van der Waals surface area contributed by atoms with Gasteiger partial charge >= 0.3 is 54.1 Å². The van der Waals surface area contributed by atoms with E-state index in [-0.39, 0.29) is 27.8 Å². The zero-order chi connectivity index (χ0) is 73.8. The van der Waals surface area contributed by atoms with Crippen molar-refractivity contribution in [2.75, 3.05) is 11.5 Å². The van der Waals surface area contributed by atoms with Crippen molar-refractivity contribution >= 4 is 401 Å². The highest BCUT2D eigenvalue weighted by molar-refractivity contribution is 14.1. The fourth-order valence-electron chi connectivity index (χ4n) is 7.26. The van der Waals surface area contributed by atoms with Crippen LogP contribution in [0.2, 0.25) is 0 Å². The number of halogens is 21. The van der Waals surface area contributed by atoms with Gasteiger partial charge in [-0.1, -0.05) is 0 Å². The molecule has 0 amide bonds. The summed E-state index contributed by atoms with van der Waals surface area (Å²) in [7, 11) is -11.1. The summed E-state index contributed by atoms with van der Waals surface area (Å²) in [4.78, 5) is 93.6. The van der Waals surface area contributed by atoms with Crippen LogP contribution >= 0.6 is 339 Å². The molecule has 2 unspecified atom stereocenters. The minimum absolute atomic E-state index is 0.0474. The van der Waals surface area contributed by atoms with Crippen LogP contribution < -0.4 is 23.7 Å². The van der Waals surface area contributed by atoms with Gasteiger partial charge in [-0.15, -0.1) is 0 Å². The number of ether oxygens (including phenoxy) is 7. The molecule has 43 heteroatoms. The van der Waals surface area contributed by atoms with E-state index in [0.29, 0.717) is 46.4 Å². The number of benzene rings is 7. The molecule has 7 rings (SSSR count). The fourth-order valence-corrected chi connectivity index (χ4v) is 20.4. The number of carbonyl (C=O) groups excluding carboxylic acids is 7. The van der Waals surface area contributed by atoms with Gasteiger partial charge in [-0.25, -0.2) is 50.4 Å². The van der Waals surface area contributed by atoms with Crippen LogP contribution in [0.1, 0.15) is 72.5 Å². The minimum Gasteiger partial charge on any atom is -0.748 e. The summed E-state index contributed by atoms with van der Waals surface area (Å²) >= 11 is 29.3. The topological polar surface area (TPSA) is 298 Å². The zero-order valence-corrected chi connectivity index (χ0v) is 80.1. The summed E-state index contributed by atoms with van der Waals surface area (Å²) in [6.07, 6.45) is -17.7. The van der Waals surface area contributed by atoms with Gasteiger partial charge in [0, 0.05) is 71.8 Å². The molecule has 0 heterocycles. The third-order valence-electron chi connectivity index (χ3n) is 11.4. The fraction of sp³-hybridized carbons (Fsp3) is 0.109. The molecule has 0 aliphatic carbocycles. The van der Waals surface area contributed by atoms with E-state index in [9.17, 15) is 85.8 Å². The summed E-state index contributed by atoms with van der Waals surface area (Å²) in [5, 5.41) is 0. The number of rotatable bonds is 18. The molecule has 0 aromatic heterocycles. The smallest absolute Gasteiger partial charge is 0.426 e. The third kappa shape index (κ3) is 25.7. The second-order valence-corrected chi connectivity index (χ2v) is 38.8. The van der Waals surface area contributed by atoms with Crippen molar-refractivity contribution in [2.45, 2.75) is 24.6 Å². The number of hydrogen-bond donors (Lipinski definition) is 0. The van der Waals surface area contributed by atoms with E-state index >= 15 is 0 Å². The van der Waals surface area contributed by atoms with Crippen molar-refractivity contribution in [3.8, 4) is 28.7 Å². The molecule has 0 radical (unpaired) electrons. The quantitative estimate of drug-likeness (QED) is 0.0192. The molecule has 7 aromatic carbocycles. The zero-order valence-electron chi connectivity index (χ0n) is 46.1. The highest BCUT2D eigenvalue weighted by atomic mass is 127. The summed E-state index contributed by atoms with van der Waals surface area (Å²) < 4.78 is 195. The molecule has 522 valence electrons. The summed E-state index contributed by atoms with van der Waals surface area (Å²) in [6.45, 7) is 0. The highest BCUT2D eigenvalue weighted by Gasteiger charge is 2.46. The molecule has 0 saturated heterocycles. The maximum Gasteiger partial charge on any atom is 0.426 e. The normalized spacial score (nSPS) is 12.3. The third-order valence-corrected chi connectivity index (χ3v) is 31.2. The Labute approximate surface area is 754 Å². The Bertz CT molecular complexity index is 4500. The lowest BCUT2D eigenvalue weighted by Gasteiger charge is -2.23. The number of alkyl halides is 6. The molecule has 0 N–H and O–H groups in total. The van der Waals surface area contributed by atoms with Gasteiger partial charge in [-0.05, 0) is 412 Å². The largest absolute Gasteiger partial charge is 0.748 e. The van der Waals surface area contributed by atoms with Crippen molar-refractivity contribution in [3.05, 3.63) is 183 Å². The van der Waals surface area contributed by atoms with Crippen LogP contribution in [-0.2, 0) is 29.7 Å².